The number of tetrazole rings is 1. The molecule has 0 radical (unpaired) electrons. The minimum atomic E-state index is -4.66. The third-order valence-corrected chi connectivity index (χ3v) is 6.18. The monoisotopic (exact) mass is 491 g/mol. The van der Waals surface area contributed by atoms with Crippen molar-refractivity contribution in [3.8, 4) is 5.82 Å². The molecule has 0 atom stereocenters. The van der Waals surface area contributed by atoms with Gasteiger partial charge in [-0.25, -0.2) is 19.3 Å². The number of amides is 1. The molecule has 4 heterocycles. The van der Waals surface area contributed by atoms with Crippen LogP contribution >= 0.6 is 0 Å². The Morgan fingerprint density at radius 1 is 1.03 bits per heavy atom. The van der Waals surface area contributed by atoms with Gasteiger partial charge < -0.3 is 9.80 Å². The molecule has 1 saturated heterocycles. The summed E-state index contributed by atoms with van der Waals surface area (Å²) < 4.78 is 54.2. The third kappa shape index (κ3) is 4.64. The van der Waals surface area contributed by atoms with Crippen molar-refractivity contribution in [3.05, 3.63) is 47.6 Å². The number of aryl methyl sites for hydroxylation is 1. The van der Waals surface area contributed by atoms with Gasteiger partial charge in [0.15, 0.2) is 23.3 Å². The maximum atomic E-state index is 14.4. The van der Waals surface area contributed by atoms with Crippen molar-refractivity contribution in [1.82, 2.24) is 40.1 Å². The fourth-order valence-corrected chi connectivity index (χ4v) is 4.27. The minimum absolute atomic E-state index is 0.100. The second-order valence-corrected chi connectivity index (χ2v) is 8.59. The summed E-state index contributed by atoms with van der Waals surface area (Å²) in [6, 6.07) is 0.461. The van der Waals surface area contributed by atoms with Crippen LogP contribution in [0.1, 0.15) is 47.6 Å². The smallest absolute Gasteiger partial charge is 0.354 e. The molecule has 3 aromatic heterocycles. The molecule has 3 aromatic rings. The quantitative estimate of drug-likeness (QED) is 0.502. The Morgan fingerprint density at radius 2 is 1.74 bits per heavy atom. The molecule has 2 fully saturated rings. The number of hydrogen-bond donors (Lipinski definition) is 0. The second-order valence-electron chi connectivity index (χ2n) is 8.59. The van der Waals surface area contributed by atoms with Gasteiger partial charge in [-0.05, 0) is 49.1 Å². The largest absolute Gasteiger partial charge is 0.417 e. The second kappa shape index (κ2) is 8.82. The van der Waals surface area contributed by atoms with Crippen LogP contribution in [0, 0.1) is 12.7 Å². The third-order valence-electron chi connectivity index (χ3n) is 6.18. The van der Waals surface area contributed by atoms with Crippen LogP contribution in [-0.4, -0.2) is 71.1 Å². The van der Waals surface area contributed by atoms with E-state index < -0.39 is 17.6 Å². The number of aromatic nitrogens is 7. The van der Waals surface area contributed by atoms with Crippen LogP contribution in [0.4, 0.5) is 23.4 Å². The number of piperidine rings is 1. The lowest BCUT2D eigenvalue weighted by Gasteiger charge is -2.39. The summed E-state index contributed by atoms with van der Waals surface area (Å²) in [5, 5.41) is 11.2. The molecule has 0 aromatic carbocycles. The van der Waals surface area contributed by atoms with E-state index in [0.29, 0.717) is 49.8 Å². The number of rotatable bonds is 5. The fourth-order valence-electron chi connectivity index (χ4n) is 4.27. The summed E-state index contributed by atoms with van der Waals surface area (Å²) in [4.78, 5) is 29.0. The number of alkyl halides is 3. The number of anilines is 1. The Hall–Kier alpha value is -3.71. The number of nitrogens with zero attached hydrogens (tertiary/aromatic N) is 9. The average Bonchev–Trinajstić information content (AvgIpc) is 3.58. The number of carbonyl (C=O) groups is 1. The van der Waals surface area contributed by atoms with Gasteiger partial charge >= 0.3 is 6.18 Å². The van der Waals surface area contributed by atoms with Gasteiger partial charge in [-0.3, -0.25) is 4.79 Å². The molecule has 35 heavy (non-hydrogen) atoms. The predicted molar refractivity (Wildman–Crippen MR) is 113 cm³/mol. The van der Waals surface area contributed by atoms with Gasteiger partial charge in [-0.1, -0.05) is 0 Å². The molecule has 1 saturated carbocycles. The topological polar surface area (TPSA) is 106 Å². The number of hydrogen-bond acceptors (Lipinski definition) is 8. The zero-order chi connectivity index (χ0) is 24.7. The summed E-state index contributed by atoms with van der Waals surface area (Å²) in [7, 11) is 0. The molecule has 0 unspecified atom stereocenters. The molecule has 0 N–H and O–H groups in total. The molecule has 2 aliphatic rings. The average molecular weight is 491 g/mol. The van der Waals surface area contributed by atoms with Gasteiger partial charge in [-0.15, -0.1) is 5.10 Å². The standard InChI is InChI=1S/C21H21F4N9O/c1-12-29-30-31-34(12)18-11-26-17(10-27-18)20(35)33(14-2-3-14)15-4-6-32(7-5-15)19-16(22)8-13(9-28-19)21(23,24)25/h8-11,14-15H,2-7H2,1H3. The van der Waals surface area contributed by atoms with Crippen molar-refractivity contribution in [1.29, 1.82) is 0 Å². The minimum Gasteiger partial charge on any atom is -0.354 e. The van der Waals surface area contributed by atoms with Crippen LogP contribution in [-0.2, 0) is 6.18 Å². The zero-order valence-corrected chi connectivity index (χ0v) is 18.7. The van der Waals surface area contributed by atoms with Crippen molar-refractivity contribution >= 4 is 11.7 Å². The molecule has 0 bridgehead atoms. The highest BCUT2D eigenvalue weighted by Gasteiger charge is 2.40. The van der Waals surface area contributed by atoms with Crippen molar-refractivity contribution in [3.63, 3.8) is 0 Å². The summed E-state index contributed by atoms with van der Waals surface area (Å²) >= 11 is 0. The van der Waals surface area contributed by atoms with Crippen LogP contribution < -0.4 is 4.90 Å². The maximum Gasteiger partial charge on any atom is 0.417 e. The highest BCUT2D eigenvalue weighted by atomic mass is 19.4. The highest BCUT2D eigenvalue weighted by molar-refractivity contribution is 5.92. The van der Waals surface area contributed by atoms with Gasteiger partial charge in [-0.2, -0.15) is 17.9 Å². The van der Waals surface area contributed by atoms with Crippen LogP contribution in [0.3, 0.4) is 0 Å². The van der Waals surface area contributed by atoms with Crippen LogP contribution in [0.15, 0.2) is 24.7 Å². The lowest BCUT2D eigenvalue weighted by atomic mass is 10.0. The van der Waals surface area contributed by atoms with E-state index >= 15 is 0 Å². The molecule has 1 aliphatic heterocycles. The SMILES string of the molecule is Cc1nnnn1-c1cnc(C(=O)N(C2CC2)C2CCN(c3ncc(C(F)(F)F)cc3F)CC2)cn1. The predicted octanol–water partition coefficient (Wildman–Crippen LogP) is 2.59. The molecular weight excluding hydrogens is 470 g/mol. The Bertz CT molecular complexity index is 1220. The van der Waals surface area contributed by atoms with Gasteiger partial charge in [0.05, 0.1) is 18.0 Å². The molecule has 0 spiro atoms. The van der Waals surface area contributed by atoms with Gasteiger partial charge in [0, 0.05) is 31.4 Å². The molecule has 14 heteroatoms. The number of pyridine rings is 1. The highest BCUT2D eigenvalue weighted by Crippen LogP contribution is 2.35. The molecule has 5 rings (SSSR count). The van der Waals surface area contributed by atoms with Crippen molar-refractivity contribution in [2.24, 2.45) is 0 Å². The van der Waals surface area contributed by atoms with Crippen LogP contribution in [0.2, 0.25) is 0 Å². The lowest BCUT2D eigenvalue weighted by Crippen LogP contribution is -2.49. The maximum absolute atomic E-state index is 14.4. The first-order chi connectivity index (χ1) is 16.7. The molecular formula is C21H21F4N9O. The van der Waals surface area contributed by atoms with Gasteiger partial charge in [0.25, 0.3) is 5.91 Å². The molecule has 1 amide bonds. The first kappa shape index (κ1) is 23.1. The van der Waals surface area contributed by atoms with E-state index in [4.69, 9.17) is 0 Å². The van der Waals surface area contributed by atoms with E-state index in [0.717, 1.165) is 12.8 Å². The summed E-state index contributed by atoms with van der Waals surface area (Å²) in [5.74, 6) is -0.441. The fraction of sp³-hybridized carbons (Fsp3) is 0.476. The van der Waals surface area contributed by atoms with E-state index in [1.54, 1.807) is 11.8 Å². The summed E-state index contributed by atoms with van der Waals surface area (Å²) in [5.41, 5.74) is -0.925. The van der Waals surface area contributed by atoms with E-state index in [2.05, 4.69) is 30.5 Å². The van der Waals surface area contributed by atoms with Crippen molar-refractivity contribution in [2.75, 3.05) is 18.0 Å². The van der Waals surface area contributed by atoms with E-state index in [1.165, 1.54) is 17.1 Å². The Morgan fingerprint density at radius 3 is 2.29 bits per heavy atom. The Balaban J connectivity index is 1.27. The van der Waals surface area contributed by atoms with Crippen LogP contribution in [0.25, 0.3) is 5.82 Å². The first-order valence-corrected chi connectivity index (χ1v) is 11.1. The van der Waals surface area contributed by atoms with Crippen molar-refractivity contribution < 1.29 is 22.4 Å². The molecule has 184 valence electrons. The van der Waals surface area contributed by atoms with Crippen LogP contribution in [0.5, 0.6) is 0 Å². The number of halogens is 4. The lowest BCUT2D eigenvalue weighted by molar-refractivity contribution is -0.138. The van der Waals surface area contributed by atoms with E-state index in [1.807, 2.05) is 4.90 Å². The summed E-state index contributed by atoms with van der Waals surface area (Å²) in [6.45, 7) is 2.44. The molecule has 10 nitrogen and oxygen atoms in total. The Labute approximate surface area is 197 Å². The zero-order valence-electron chi connectivity index (χ0n) is 18.7. The normalized spacial score (nSPS) is 17.0. The number of carbonyl (C=O) groups excluding carboxylic acids is 1. The van der Waals surface area contributed by atoms with Gasteiger partial charge in [0.2, 0.25) is 0 Å². The van der Waals surface area contributed by atoms with E-state index in [-0.39, 0.29) is 29.5 Å². The summed E-state index contributed by atoms with van der Waals surface area (Å²) in [6.07, 6.45) is 1.64. The molecule has 1 aliphatic carbocycles. The van der Waals surface area contributed by atoms with Crippen molar-refractivity contribution in [2.45, 2.75) is 50.9 Å². The van der Waals surface area contributed by atoms with E-state index in [9.17, 15) is 22.4 Å². The Kier molecular flexibility index (Phi) is 5.81. The van der Waals surface area contributed by atoms with Gasteiger partial charge in [0.1, 0.15) is 5.69 Å². The first-order valence-electron chi connectivity index (χ1n) is 11.1.